The quantitative estimate of drug-likeness (QED) is 0.143. The molecule has 8 nitrogen and oxygen atoms in total. The van der Waals surface area contributed by atoms with E-state index in [9.17, 15) is 14.9 Å². The maximum Gasteiger partial charge on any atom is 0.271 e. The monoisotopic (exact) mass is 679 g/mol. The van der Waals surface area contributed by atoms with Crippen molar-refractivity contribution in [2.75, 3.05) is 7.11 Å². The third-order valence-electron chi connectivity index (χ3n) is 8.10. The first-order chi connectivity index (χ1) is 21.9. The van der Waals surface area contributed by atoms with E-state index in [0.29, 0.717) is 15.1 Å². The van der Waals surface area contributed by atoms with Crippen molar-refractivity contribution in [1.29, 1.82) is 0 Å². The van der Waals surface area contributed by atoms with Crippen LogP contribution in [0.4, 0.5) is 5.69 Å². The second-order valence-corrected chi connectivity index (χ2v) is 12.7. The van der Waals surface area contributed by atoms with Crippen LogP contribution in [-0.4, -0.2) is 16.6 Å². The van der Waals surface area contributed by atoms with Crippen molar-refractivity contribution in [3.05, 3.63) is 159 Å². The van der Waals surface area contributed by atoms with E-state index in [2.05, 4.69) is 34.1 Å². The number of non-ortho nitro benzene ring substituents is 1. The molecule has 1 aliphatic carbocycles. The molecule has 5 aromatic rings. The van der Waals surface area contributed by atoms with E-state index < -0.39 is 4.92 Å². The molecule has 4 aromatic carbocycles. The van der Waals surface area contributed by atoms with Gasteiger partial charge in [0.25, 0.3) is 11.2 Å². The number of hydrogen-bond donors (Lipinski definition) is 0. The van der Waals surface area contributed by atoms with Crippen LogP contribution in [0.25, 0.3) is 11.8 Å². The Labute approximate surface area is 270 Å². The first kappa shape index (κ1) is 28.9. The minimum absolute atomic E-state index is 0.0246. The van der Waals surface area contributed by atoms with Gasteiger partial charge in [-0.2, -0.15) is 0 Å². The molecular weight excluding hydrogens is 654 g/mol. The minimum Gasteiger partial charge on any atom is -0.497 e. The molecule has 1 unspecified atom stereocenters. The number of aromatic nitrogens is 1. The third-order valence-corrected chi connectivity index (χ3v) is 9.58. The van der Waals surface area contributed by atoms with Crippen molar-refractivity contribution in [2.45, 2.75) is 25.5 Å². The molecule has 224 valence electrons. The summed E-state index contributed by atoms with van der Waals surface area (Å²) in [5, 5.41) is 11.0. The van der Waals surface area contributed by atoms with Crippen LogP contribution in [0.3, 0.4) is 0 Å². The lowest BCUT2D eigenvalue weighted by Gasteiger charge is -2.30. The summed E-state index contributed by atoms with van der Waals surface area (Å²) in [7, 11) is 1.64. The Morgan fingerprint density at radius 3 is 2.58 bits per heavy atom. The number of thiazole rings is 1. The van der Waals surface area contributed by atoms with E-state index >= 15 is 0 Å². The van der Waals surface area contributed by atoms with Gasteiger partial charge < -0.3 is 9.47 Å². The highest BCUT2D eigenvalue weighted by Gasteiger charge is 2.32. The van der Waals surface area contributed by atoms with Gasteiger partial charge in [0.2, 0.25) is 0 Å². The van der Waals surface area contributed by atoms with Gasteiger partial charge in [0, 0.05) is 27.7 Å². The molecule has 1 aromatic heterocycles. The van der Waals surface area contributed by atoms with Crippen molar-refractivity contribution in [1.82, 2.24) is 4.57 Å². The van der Waals surface area contributed by atoms with E-state index in [1.54, 1.807) is 19.2 Å². The van der Waals surface area contributed by atoms with Gasteiger partial charge in [-0.15, -0.1) is 0 Å². The number of fused-ring (bicyclic) bond motifs is 3. The van der Waals surface area contributed by atoms with Gasteiger partial charge in [0.1, 0.15) is 18.1 Å². The van der Waals surface area contributed by atoms with Crippen LogP contribution < -0.4 is 24.4 Å². The average Bonchev–Trinajstić information content (AvgIpc) is 3.37. The van der Waals surface area contributed by atoms with E-state index in [0.717, 1.165) is 56.6 Å². The molecule has 1 aliphatic heterocycles. The van der Waals surface area contributed by atoms with Crippen LogP contribution in [0.15, 0.2) is 111 Å². The SMILES string of the molecule is COc1ccc(C2C3=C(N=c4s/c(=C\c5cc(Br)ccc5OCc5ccc([N+](=O)[O-])cc5)c(=O)n42)c2ccccc2CC3)cc1. The molecule has 0 bridgehead atoms. The molecule has 0 fully saturated rings. The Bertz CT molecular complexity index is 2170. The summed E-state index contributed by atoms with van der Waals surface area (Å²) in [6.45, 7) is 0.214. The summed E-state index contributed by atoms with van der Waals surface area (Å²) in [6, 6.07) is 27.9. The molecule has 0 N–H and O–H groups in total. The van der Waals surface area contributed by atoms with E-state index in [-0.39, 0.29) is 23.9 Å². The number of aryl methyl sites for hydroxylation is 1. The number of methoxy groups -OCH3 is 1. The number of halogens is 1. The average molecular weight is 681 g/mol. The largest absolute Gasteiger partial charge is 0.497 e. The Morgan fingerprint density at radius 2 is 1.82 bits per heavy atom. The second kappa shape index (κ2) is 11.9. The van der Waals surface area contributed by atoms with Crippen molar-refractivity contribution < 1.29 is 14.4 Å². The molecule has 0 saturated carbocycles. The predicted molar refractivity (Wildman–Crippen MR) is 177 cm³/mol. The molecular formula is C35H26BrN3O5S. The van der Waals surface area contributed by atoms with Crippen LogP contribution >= 0.6 is 27.3 Å². The molecule has 7 rings (SSSR count). The standard InChI is InChI=1S/C35H26BrN3O5S/c1-43-27-14-8-23(9-15-27)33-29-16-10-22-4-2-3-5-28(22)32(29)37-35-38(33)34(40)31(45-35)19-24-18-25(36)11-17-30(24)44-20-21-6-12-26(13-7-21)39(41)42/h2-9,11-15,17-19,33H,10,16,20H2,1H3/b31-19-. The number of allylic oxidation sites excluding steroid dienone is 1. The number of nitro benzene ring substituents is 1. The lowest BCUT2D eigenvalue weighted by molar-refractivity contribution is -0.384. The zero-order chi connectivity index (χ0) is 31.1. The molecule has 0 saturated heterocycles. The van der Waals surface area contributed by atoms with Gasteiger partial charge in [0.15, 0.2) is 4.80 Å². The number of ether oxygens (including phenoxy) is 2. The molecule has 0 amide bonds. The minimum atomic E-state index is -0.429. The van der Waals surface area contributed by atoms with E-state index in [1.807, 2.05) is 59.2 Å². The molecule has 1 atom stereocenters. The number of rotatable bonds is 7. The van der Waals surface area contributed by atoms with Crippen LogP contribution in [0.1, 0.15) is 40.3 Å². The number of nitro groups is 1. The Kier molecular flexibility index (Phi) is 7.68. The topological polar surface area (TPSA) is 96.0 Å². The van der Waals surface area contributed by atoms with Crippen LogP contribution in [0.5, 0.6) is 11.5 Å². The first-order valence-corrected chi connectivity index (χ1v) is 15.9. The van der Waals surface area contributed by atoms with Gasteiger partial charge in [-0.25, -0.2) is 4.99 Å². The lowest BCUT2D eigenvalue weighted by atomic mass is 9.83. The summed E-state index contributed by atoms with van der Waals surface area (Å²) < 4.78 is 14.8. The predicted octanol–water partition coefficient (Wildman–Crippen LogP) is 6.58. The summed E-state index contributed by atoms with van der Waals surface area (Å²) in [6.07, 6.45) is 3.54. The molecule has 10 heteroatoms. The maximum atomic E-state index is 14.2. The highest BCUT2D eigenvalue weighted by atomic mass is 79.9. The number of benzene rings is 4. The Morgan fingerprint density at radius 1 is 1.04 bits per heavy atom. The fraction of sp³-hybridized carbons (Fsp3) is 0.143. The van der Waals surface area contributed by atoms with Crippen molar-refractivity contribution in [3.63, 3.8) is 0 Å². The molecule has 0 spiro atoms. The van der Waals surface area contributed by atoms with Crippen molar-refractivity contribution in [3.8, 4) is 11.5 Å². The fourth-order valence-corrected chi connectivity index (χ4v) is 7.26. The molecule has 0 radical (unpaired) electrons. The van der Waals surface area contributed by atoms with Crippen molar-refractivity contribution in [2.24, 2.45) is 4.99 Å². The number of hydrogen-bond acceptors (Lipinski definition) is 7. The molecule has 2 heterocycles. The number of nitrogens with zero attached hydrogens (tertiary/aromatic N) is 3. The summed E-state index contributed by atoms with van der Waals surface area (Å²) in [5.41, 5.74) is 6.88. The van der Waals surface area contributed by atoms with Crippen LogP contribution in [0.2, 0.25) is 0 Å². The van der Waals surface area contributed by atoms with Gasteiger partial charge in [-0.1, -0.05) is 63.7 Å². The summed E-state index contributed by atoms with van der Waals surface area (Å²) in [5.74, 6) is 1.34. The van der Waals surface area contributed by atoms with Crippen LogP contribution in [0, 0.1) is 10.1 Å². The Balaban J connectivity index is 1.33. The zero-order valence-corrected chi connectivity index (χ0v) is 26.5. The third kappa shape index (κ3) is 5.51. The zero-order valence-electron chi connectivity index (χ0n) is 24.1. The highest BCUT2D eigenvalue weighted by molar-refractivity contribution is 9.10. The smallest absolute Gasteiger partial charge is 0.271 e. The van der Waals surface area contributed by atoms with Gasteiger partial charge in [-0.05, 0) is 83.6 Å². The second-order valence-electron chi connectivity index (χ2n) is 10.8. The lowest BCUT2D eigenvalue weighted by Crippen LogP contribution is -2.38. The van der Waals surface area contributed by atoms with Gasteiger partial charge >= 0.3 is 0 Å². The van der Waals surface area contributed by atoms with Gasteiger partial charge in [0.05, 0.1) is 28.3 Å². The van der Waals surface area contributed by atoms with Crippen molar-refractivity contribution >= 4 is 44.7 Å². The van der Waals surface area contributed by atoms with Crippen LogP contribution in [-0.2, 0) is 13.0 Å². The fourth-order valence-electron chi connectivity index (χ4n) is 5.89. The van der Waals surface area contributed by atoms with E-state index in [1.165, 1.54) is 29.0 Å². The molecule has 45 heavy (non-hydrogen) atoms. The highest BCUT2D eigenvalue weighted by Crippen LogP contribution is 2.41. The Hall–Kier alpha value is -4.80. The molecule has 2 aliphatic rings. The first-order valence-electron chi connectivity index (χ1n) is 14.3. The summed E-state index contributed by atoms with van der Waals surface area (Å²) in [4.78, 5) is 30.6. The van der Waals surface area contributed by atoms with E-state index in [4.69, 9.17) is 14.5 Å². The normalized spacial score (nSPS) is 15.5. The van der Waals surface area contributed by atoms with Gasteiger partial charge in [-0.3, -0.25) is 19.5 Å². The summed E-state index contributed by atoms with van der Waals surface area (Å²) >= 11 is 4.92. The maximum absolute atomic E-state index is 14.2.